The van der Waals surface area contributed by atoms with Crippen molar-refractivity contribution in [3.63, 3.8) is 0 Å². The molecule has 0 bridgehead atoms. The molecule has 18 heavy (non-hydrogen) atoms. The van der Waals surface area contributed by atoms with E-state index in [0.29, 0.717) is 0 Å². The maximum absolute atomic E-state index is 5.50. The molecule has 0 aliphatic heterocycles. The molecule has 0 aromatic heterocycles. The van der Waals surface area contributed by atoms with Crippen LogP contribution in [0.25, 0.3) is 11.6 Å². The summed E-state index contributed by atoms with van der Waals surface area (Å²) in [6.07, 6.45) is 7.64. The summed E-state index contributed by atoms with van der Waals surface area (Å²) in [7, 11) is 0. The fraction of sp³-hybridized carbons (Fsp3) is 0. The van der Waals surface area contributed by atoms with Crippen molar-refractivity contribution in [3.8, 4) is 0 Å². The van der Waals surface area contributed by atoms with Gasteiger partial charge in [0, 0.05) is 0 Å². The molecule has 1 radical (unpaired) electrons. The van der Waals surface area contributed by atoms with Crippen LogP contribution < -0.4 is 0 Å². The Morgan fingerprint density at radius 1 is 0.833 bits per heavy atom. The molecule has 0 heterocycles. The Hall–Kier alpha value is -2.34. The van der Waals surface area contributed by atoms with Crippen LogP contribution in [0.1, 0.15) is 11.1 Å². The third kappa shape index (κ3) is 3.33. The normalized spacial score (nSPS) is 11.7. The average Bonchev–Trinajstić information content (AvgIpc) is 2.45. The molecule has 2 aromatic rings. The Labute approximate surface area is 109 Å². The van der Waals surface area contributed by atoms with Crippen molar-refractivity contribution in [2.24, 2.45) is 0 Å². The zero-order valence-corrected chi connectivity index (χ0v) is 10.2. The Balaban J connectivity index is 2.26. The Kier molecular flexibility index (Phi) is 4.32. The lowest BCUT2D eigenvalue weighted by Crippen LogP contribution is -1.79. The third-order valence-corrected chi connectivity index (χ3v) is 2.64. The van der Waals surface area contributed by atoms with Crippen LogP contribution in [0.3, 0.4) is 0 Å². The van der Waals surface area contributed by atoms with Crippen LogP contribution in [0.4, 0.5) is 0 Å². The van der Waals surface area contributed by atoms with Crippen molar-refractivity contribution in [1.82, 2.24) is 0 Å². The topological polar surface area (TPSA) is 0 Å². The fourth-order valence-electron chi connectivity index (χ4n) is 1.73. The Morgan fingerprint density at radius 3 is 2.06 bits per heavy atom. The minimum atomic E-state index is 1.10. The maximum atomic E-state index is 5.50. The van der Waals surface area contributed by atoms with E-state index in [0.717, 1.165) is 11.1 Å². The van der Waals surface area contributed by atoms with E-state index in [1.54, 1.807) is 6.08 Å². The molecule has 87 valence electrons. The van der Waals surface area contributed by atoms with Crippen molar-refractivity contribution in [2.45, 2.75) is 0 Å². The molecule has 0 N–H and O–H groups in total. The van der Waals surface area contributed by atoms with Crippen molar-refractivity contribution in [2.75, 3.05) is 0 Å². The van der Waals surface area contributed by atoms with E-state index in [1.165, 1.54) is 5.56 Å². The maximum Gasteiger partial charge on any atom is -0.0184 e. The van der Waals surface area contributed by atoms with Crippen molar-refractivity contribution < 1.29 is 0 Å². The van der Waals surface area contributed by atoms with E-state index < -0.39 is 0 Å². The minimum absolute atomic E-state index is 1.10. The minimum Gasteiger partial charge on any atom is -0.0622 e. The molecule has 0 aliphatic carbocycles. The number of hydrogen-bond acceptors (Lipinski definition) is 0. The van der Waals surface area contributed by atoms with Gasteiger partial charge in [-0.2, -0.15) is 0 Å². The first-order valence-corrected chi connectivity index (χ1v) is 5.94. The fourth-order valence-corrected chi connectivity index (χ4v) is 1.73. The molecule has 0 nitrogen and oxygen atoms in total. The van der Waals surface area contributed by atoms with Gasteiger partial charge in [0.1, 0.15) is 0 Å². The lowest BCUT2D eigenvalue weighted by molar-refractivity contribution is 1.61. The summed E-state index contributed by atoms with van der Waals surface area (Å²) < 4.78 is 0. The summed E-state index contributed by atoms with van der Waals surface area (Å²) in [5, 5.41) is 0. The van der Waals surface area contributed by atoms with E-state index >= 15 is 0 Å². The van der Waals surface area contributed by atoms with Crippen LogP contribution in [0.2, 0.25) is 0 Å². The summed E-state index contributed by atoms with van der Waals surface area (Å²) in [4.78, 5) is 0. The highest BCUT2D eigenvalue weighted by molar-refractivity contribution is 5.79. The molecule has 0 spiro atoms. The van der Waals surface area contributed by atoms with Crippen LogP contribution in [-0.4, -0.2) is 0 Å². The molecule has 0 unspecified atom stereocenters. The van der Waals surface area contributed by atoms with Gasteiger partial charge in [0.2, 0.25) is 0 Å². The van der Waals surface area contributed by atoms with E-state index in [1.807, 2.05) is 42.5 Å². The lowest BCUT2D eigenvalue weighted by atomic mass is 10.0. The van der Waals surface area contributed by atoms with E-state index in [9.17, 15) is 0 Å². The molecule has 0 heteroatoms. The highest BCUT2D eigenvalue weighted by atomic mass is 14.0. The SMILES string of the molecule is [CH]=CC=C(C=Cc1ccccc1)c1ccccc1. The number of hydrogen-bond donors (Lipinski definition) is 0. The first-order chi connectivity index (χ1) is 8.90. The largest absolute Gasteiger partial charge is 0.0622 e. The van der Waals surface area contributed by atoms with Gasteiger partial charge in [-0.25, -0.2) is 0 Å². The molecule has 0 fully saturated rings. The van der Waals surface area contributed by atoms with Gasteiger partial charge in [0.05, 0.1) is 0 Å². The van der Waals surface area contributed by atoms with Crippen LogP contribution in [0.5, 0.6) is 0 Å². The van der Waals surface area contributed by atoms with Gasteiger partial charge < -0.3 is 0 Å². The summed E-state index contributed by atoms with van der Waals surface area (Å²) in [5.74, 6) is 0. The standard InChI is InChI=1S/C18H15/c1-2-9-17(18-12-7-4-8-13-18)15-14-16-10-5-3-6-11-16/h1-15H. The molecular weight excluding hydrogens is 216 g/mol. The lowest BCUT2D eigenvalue weighted by Gasteiger charge is -2.01. The molecule has 0 amide bonds. The van der Waals surface area contributed by atoms with Crippen molar-refractivity contribution in [3.05, 3.63) is 96.6 Å². The van der Waals surface area contributed by atoms with Gasteiger partial charge in [-0.15, -0.1) is 0 Å². The van der Waals surface area contributed by atoms with Gasteiger partial charge in [-0.05, 0) is 16.7 Å². The molecular formula is C18H15. The van der Waals surface area contributed by atoms with E-state index in [-0.39, 0.29) is 0 Å². The van der Waals surface area contributed by atoms with E-state index in [4.69, 9.17) is 6.58 Å². The van der Waals surface area contributed by atoms with Crippen molar-refractivity contribution >= 4 is 11.6 Å². The number of allylic oxidation sites excluding steroid dienone is 4. The smallest absolute Gasteiger partial charge is 0.0184 e. The first kappa shape index (κ1) is 12.1. The van der Waals surface area contributed by atoms with Gasteiger partial charge in [0.15, 0.2) is 0 Å². The van der Waals surface area contributed by atoms with Crippen LogP contribution in [0, 0.1) is 6.58 Å². The molecule has 2 aromatic carbocycles. The quantitative estimate of drug-likeness (QED) is 0.665. The third-order valence-electron chi connectivity index (χ3n) is 2.64. The van der Waals surface area contributed by atoms with E-state index in [2.05, 4.69) is 36.4 Å². The van der Waals surface area contributed by atoms with Gasteiger partial charge >= 0.3 is 0 Å². The second-order valence-corrected chi connectivity index (χ2v) is 3.92. The van der Waals surface area contributed by atoms with Crippen LogP contribution >= 0.6 is 0 Å². The van der Waals surface area contributed by atoms with Crippen LogP contribution in [0.15, 0.2) is 78.9 Å². The molecule has 0 aliphatic rings. The second kappa shape index (κ2) is 6.41. The van der Waals surface area contributed by atoms with Gasteiger partial charge in [-0.3, -0.25) is 0 Å². The van der Waals surface area contributed by atoms with Crippen LogP contribution in [-0.2, 0) is 0 Å². The zero-order chi connectivity index (χ0) is 12.6. The predicted octanol–water partition coefficient (Wildman–Crippen LogP) is 4.77. The van der Waals surface area contributed by atoms with Gasteiger partial charge in [-0.1, -0.05) is 91.5 Å². The molecule has 0 atom stereocenters. The Morgan fingerprint density at radius 2 is 1.44 bits per heavy atom. The predicted molar refractivity (Wildman–Crippen MR) is 78.8 cm³/mol. The Bertz CT molecular complexity index is 545. The molecule has 0 saturated heterocycles. The number of rotatable bonds is 4. The summed E-state index contributed by atoms with van der Waals surface area (Å²) in [6.45, 7) is 5.50. The summed E-state index contributed by atoms with van der Waals surface area (Å²) in [5.41, 5.74) is 3.43. The average molecular weight is 231 g/mol. The second-order valence-electron chi connectivity index (χ2n) is 3.92. The first-order valence-electron chi connectivity index (χ1n) is 5.94. The van der Waals surface area contributed by atoms with Gasteiger partial charge in [0.25, 0.3) is 0 Å². The summed E-state index contributed by atoms with van der Waals surface area (Å²) in [6, 6.07) is 20.4. The zero-order valence-electron chi connectivity index (χ0n) is 10.2. The molecule has 2 rings (SSSR count). The van der Waals surface area contributed by atoms with Crippen molar-refractivity contribution in [1.29, 1.82) is 0 Å². The number of benzene rings is 2. The highest BCUT2D eigenvalue weighted by Crippen LogP contribution is 2.17. The monoisotopic (exact) mass is 231 g/mol. The molecule has 0 saturated carbocycles. The summed E-state index contributed by atoms with van der Waals surface area (Å²) >= 11 is 0. The highest BCUT2D eigenvalue weighted by Gasteiger charge is 1.95.